The second-order valence-corrected chi connectivity index (χ2v) is 3.88. The van der Waals surface area contributed by atoms with Crippen LogP contribution in [0.25, 0.3) is 0 Å². The van der Waals surface area contributed by atoms with Gasteiger partial charge in [-0.05, 0) is 30.7 Å². The Bertz CT molecular complexity index is 404. The summed E-state index contributed by atoms with van der Waals surface area (Å²) in [6.45, 7) is 1.62. The van der Waals surface area contributed by atoms with Crippen molar-refractivity contribution in [2.24, 2.45) is 5.73 Å². The number of ketones is 1. The Labute approximate surface area is 93.3 Å². The summed E-state index contributed by atoms with van der Waals surface area (Å²) >= 11 is 4.68. The highest BCUT2D eigenvalue weighted by Crippen LogP contribution is 2.11. The lowest BCUT2D eigenvalue weighted by Crippen LogP contribution is -2.10. The molecule has 0 unspecified atom stereocenters. The van der Waals surface area contributed by atoms with Crippen LogP contribution >= 0.6 is 12.2 Å². The molecular weight excluding hydrogens is 213 g/mol. The van der Waals surface area contributed by atoms with Gasteiger partial charge in [-0.2, -0.15) is 0 Å². The second kappa shape index (κ2) is 4.98. The summed E-state index contributed by atoms with van der Waals surface area (Å²) in [6.07, 6.45) is 0.672. The average Bonchev–Trinajstić information content (AvgIpc) is 2.18. The van der Waals surface area contributed by atoms with Crippen molar-refractivity contribution in [1.82, 2.24) is 0 Å². The van der Waals surface area contributed by atoms with Crippen LogP contribution in [0, 0.1) is 12.7 Å². The number of carbonyl (C=O) groups is 1. The number of hydrogen-bond acceptors (Lipinski definition) is 2. The van der Waals surface area contributed by atoms with Gasteiger partial charge >= 0.3 is 0 Å². The molecular formula is C11H12FNOS. The van der Waals surface area contributed by atoms with Gasteiger partial charge in [0.15, 0.2) is 5.78 Å². The number of benzene rings is 1. The molecule has 0 fully saturated rings. The predicted molar refractivity (Wildman–Crippen MR) is 61.5 cm³/mol. The first-order valence-electron chi connectivity index (χ1n) is 4.58. The first-order chi connectivity index (χ1) is 7.00. The summed E-state index contributed by atoms with van der Waals surface area (Å²) in [6, 6.07) is 4.31. The topological polar surface area (TPSA) is 43.1 Å². The fourth-order valence-corrected chi connectivity index (χ4v) is 1.30. The van der Waals surface area contributed by atoms with Crippen molar-refractivity contribution < 1.29 is 9.18 Å². The second-order valence-electron chi connectivity index (χ2n) is 3.35. The van der Waals surface area contributed by atoms with Crippen LogP contribution in [0.5, 0.6) is 0 Å². The molecule has 0 radical (unpaired) electrons. The van der Waals surface area contributed by atoms with Crippen LogP contribution in [-0.4, -0.2) is 10.8 Å². The van der Waals surface area contributed by atoms with Crippen LogP contribution in [0.1, 0.15) is 28.8 Å². The molecule has 80 valence electrons. The minimum Gasteiger partial charge on any atom is -0.393 e. The van der Waals surface area contributed by atoms with Gasteiger partial charge in [-0.25, -0.2) is 4.39 Å². The standard InChI is InChI=1S/C11H12FNOS/c1-7-6-8(2-3-9(7)12)10(14)4-5-11(13)15/h2-3,6H,4-5H2,1H3,(H2,13,15). The molecule has 2 N–H and O–H groups in total. The molecule has 0 aromatic heterocycles. The van der Waals surface area contributed by atoms with Crippen LogP contribution in [0.4, 0.5) is 4.39 Å². The summed E-state index contributed by atoms with van der Waals surface area (Å²) in [5.74, 6) is -0.369. The Hall–Kier alpha value is -1.29. The highest BCUT2D eigenvalue weighted by Gasteiger charge is 2.08. The van der Waals surface area contributed by atoms with Crippen LogP contribution in [0.15, 0.2) is 18.2 Å². The van der Waals surface area contributed by atoms with Gasteiger partial charge in [0.05, 0.1) is 4.99 Å². The lowest BCUT2D eigenvalue weighted by atomic mass is 10.0. The molecule has 4 heteroatoms. The van der Waals surface area contributed by atoms with Crippen LogP contribution in [0.3, 0.4) is 0 Å². The SMILES string of the molecule is Cc1cc(C(=O)CCC(N)=S)ccc1F. The van der Waals surface area contributed by atoms with E-state index in [1.165, 1.54) is 18.2 Å². The van der Waals surface area contributed by atoms with E-state index >= 15 is 0 Å². The third kappa shape index (κ3) is 3.40. The summed E-state index contributed by atoms with van der Waals surface area (Å²) in [4.78, 5) is 11.9. The predicted octanol–water partition coefficient (Wildman–Crippen LogP) is 2.38. The molecule has 0 amide bonds. The summed E-state index contributed by atoms with van der Waals surface area (Å²) < 4.78 is 12.9. The quantitative estimate of drug-likeness (QED) is 0.632. The fraction of sp³-hybridized carbons (Fsp3) is 0.273. The molecule has 2 nitrogen and oxygen atoms in total. The zero-order chi connectivity index (χ0) is 11.4. The van der Waals surface area contributed by atoms with Gasteiger partial charge in [-0.1, -0.05) is 12.2 Å². The number of rotatable bonds is 4. The molecule has 1 aromatic carbocycles. The summed E-state index contributed by atoms with van der Waals surface area (Å²) in [5.41, 5.74) is 6.27. The van der Waals surface area contributed by atoms with Gasteiger partial charge in [-0.15, -0.1) is 0 Å². The number of thiocarbonyl (C=S) groups is 1. The Kier molecular flexibility index (Phi) is 3.91. The molecule has 0 bridgehead atoms. The minimum atomic E-state index is -0.305. The van der Waals surface area contributed by atoms with E-state index in [2.05, 4.69) is 12.2 Å². The van der Waals surface area contributed by atoms with Gasteiger partial charge in [0.1, 0.15) is 5.82 Å². The highest BCUT2D eigenvalue weighted by atomic mass is 32.1. The molecule has 0 saturated heterocycles. The average molecular weight is 225 g/mol. The van der Waals surface area contributed by atoms with E-state index in [-0.39, 0.29) is 18.0 Å². The molecule has 0 saturated carbocycles. The van der Waals surface area contributed by atoms with Crippen molar-refractivity contribution in [1.29, 1.82) is 0 Å². The Balaban J connectivity index is 2.74. The lowest BCUT2D eigenvalue weighted by molar-refractivity contribution is 0.0985. The Morgan fingerprint density at radius 3 is 2.67 bits per heavy atom. The molecule has 0 aliphatic carbocycles. The summed E-state index contributed by atoms with van der Waals surface area (Å²) in [7, 11) is 0. The molecule has 0 spiro atoms. The molecule has 0 aliphatic heterocycles. The number of hydrogen-bond donors (Lipinski definition) is 1. The van der Waals surface area contributed by atoms with Crippen molar-refractivity contribution >= 4 is 23.0 Å². The largest absolute Gasteiger partial charge is 0.393 e. The Morgan fingerprint density at radius 2 is 2.13 bits per heavy atom. The third-order valence-electron chi connectivity index (χ3n) is 2.08. The first kappa shape index (κ1) is 11.8. The molecule has 0 atom stereocenters. The maximum Gasteiger partial charge on any atom is 0.163 e. The van der Waals surface area contributed by atoms with Crippen molar-refractivity contribution in [3.8, 4) is 0 Å². The number of carbonyl (C=O) groups excluding carboxylic acids is 1. The van der Waals surface area contributed by atoms with E-state index in [1.807, 2.05) is 0 Å². The maximum absolute atomic E-state index is 12.9. The van der Waals surface area contributed by atoms with Gasteiger partial charge < -0.3 is 5.73 Å². The fourth-order valence-electron chi connectivity index (χ4n) is 1.20. The van der Waals surface area contributed by atoms with Gasteiger partial charge in [0.25, 0.3) is 0 Å². The normalized spacial score (nSPS) is 10.0. The number of nitrogens with two attached hydrogens (primary N) is 1. The van der Waals surface area contributed by atoms with Crippen LogP contribution in [0.2, 0.25) is 0 Å². The van der Waals surface area contributed by atoms with Gasteiger partial charge in [0.2, 0.25) is 0 Å². The van der Waals surface area contributed by atoms with Crippen LogP contribution in [-0.2, 0) is 0 Å². The smallest absolute Gasteiger partial charge is 0.163 e. The zero-order valence-corrected chi connectivity index (χ0v) is 9.23. The maximum atomic E-state index is 12.9. The molecule has 15 heavy (non-hydrogen) atoms. The van der Waals surface area contributed by atoms with Crippen molar-refractivity contribution in [3.63, 3.8) is 0 Å². The highest BCUT2D eigenvalue weighted by molar-refractivity contribution is 7.80. The summed E-state index contributed by atoms with van der Waals surface area (Å²) in [5, 5.41) is 0. The van der Waals surface area contributed by atoms with E-state index in [0.29, 0.717) is 22.5 Å². The first-order valence-corrected chi connectivity index (χ1v) is 4.99. The van der Waals surface area contributed by atoms with E-state index in [4.69, 9.17) is 5.73 Å². The molecule has 0 heterocycles. The van der Waals surface area contributed by atoms with Crippen molar-refractivity contribution in [2.45, 2.75) is 19.8 Å². The van der Waals surface area contributed by atoms with Crippen molar-refractivity contribution in [3.05, 3.63) is 35.1 Å². The van der Waals surface area contributed by atoms with E-state index in [1.54, 1.807) is 6.92 Å². The van der Waals surface area contributed by atoms with Crippen LogP contribution < -0.4 is 5.73 Å². The minimum absolute atomic E-state index is 0.0640. The molecule has 0 aliphatic rings. The van der Waals surface area contributed by atoms with E-state index in [9.17, 15) is 9.18 Å². The number of halogens is 1. The molecule has 1 rings (SSSR count). The van der Waals surface area contributed by atoms with Gasteiger partial charge in [-0.3, -0.25) is 4.79 Å². The Morgan fingerprint density at radius 1 is 1.47 bits per heavy atom. The lowest BCUT2D eigenvalue weighted by Gasteiger charge is -2.02. The number of aryl methyl sites for hydroxylation is 1. The van der Waals surface area contributed by atoms with Gasteiger partial charge in [0, 0.05) is 18.4 Å². The third-order valence-corrected chi connectivity index (χ3v) is 2.28. The number of Topliss-reactive ketones (excluding diaryl/α,β-unsaturated/α-hetero) is 1. The van der Waals surface area contributed by atoms with Crippen molar-refractivity contribution in [2.75, 3.05) is 0 Å². The monoisotopic (exact) mass is 225 g/mol. The molecule has 1 aromatic rings. The zero-order valence-electron chi connectivity index (χ0n) is 8.42. The van der Waals surface area contributed by atoms with E-state index in [0.717, 1.165) is 0 Å². The van der Waals surface area contributed by atoms with E-state index < -0.39 is 0 Å².